The third-order valence-electron chi connectivity index (χ3n) is 4.87. The molecule has 132 valence electrons. The predicted molar refractivity (Wildman–Crippen MR) is 99.8 cm³/mol. The Bertz CT molecular complexity index is 721. The summed E-state index contributed by atoms with van der Waals surface area (Å²) in [5, 5.41) is 0.578. The molecule has 1 saturated carbocycles. The van der Waals surface area contributed by atoms with E-state index in [1.807, 2.05) is 13.1 Å². The lowest BCUT2D eigenvalue weighted by Crippen LogP contribution is -2.41. The molecule has 0 atom stereocenters. The highest BCUT2D eigenvalue weighted by Gasteiger charge is 2.40. The summed E-state index contributed by atoms with van der Waals surface area (Å²) in [6.45, 7) is 0. The van der Waals surface area contributed by atoms with Crippen molar-refractivity contribution in [1.82, 2.24) is 9.80 Å². The zero-order valence-electron chi connectivity index (χ0n) is 14.5. The minimum Gasteiger partial charge on any atom is -0.465 e. The molecule has 1 aliphatic heterocycles. The molecule has 0 radical (unpaired) electrons. The summed E-state index contributed by atoms with van der Waals surface area (Å²) in [5.41, 5.74) is 1.90. The molecule has 2 aliphatic rings. The summed E-state index contributed by atoms with van der Waals surface area (Å²) in [5.74, 6) is -0.408. The number of ether oxygens (including phenoxy) is 1. The Morgan fingerprint density at radius 3 is 2.44 bits per heavy atom. The summed E-state index contributed by atoms with van der Waals surface area (Å²) >= 11 is 5.51. The van der Waals surface area contributed by atoms with Crippen molar-refractivity contribution in [2.24, 2.45) is 0 Å². The number of hydrogen-bond acceptors (Lipinski definition) is 4. The van der Waals surface area contributed by atoms with E-state index in [4.69, 9.17) is 17.0 Å². The smallest absolute Gasteiger partial charge is 0.337 e. The normalized spacial score (nSPS) is 20.5. The Morgan fingerprint density at radius 2 is 1.84 bits per heavy atom. The van der Waals surface area contributed by atoms with Gasteiger partial charge in [0.25, 0.3) is 5.91 Å². The van der Waals surface area contributed by atoms with E-state index in [1.165, 1.54) is 13.5 Å². The summed E-state index contributed by atoms with van der Waals surface area (Å²) in [6, 6.07) is 7.19. The van der Waals surface area contributed by atoms with Crippen molar-refractivity contribution >= 4 is 35.3 Å². The molecule has 0 spiro atoms. The molecule has 6 heteroatoms. The molecule has 1 amide bonds. The Balaban J connectivity index is 1.83. The molecule has 1 aliphatic carbocycles. The highest BCUT2D eigenvalue weighted by Crippen LogP contribution is 2.30. The zero-order valence-corrected chi connectivity index (χ0v) is 15.3. The van der Waals surface area contributed by atoms with Crippen LogP contribution in [0.5, 0.6) is 0 Å². The zero-order chi connectivity index (χ0) is 18.0. The van der Waals surface area contributed by atoms with Crippen LogP contribution in [0, 0.1) is 0 Å². The highest BCUT2D eigenvalue weighted by atomic mass is 32.1. The number of esters is 1. The lowest BCUT2D eigenvalue weighted by Gasteiger charge is -2.30. The first kappa shape index (κ1) is 17.6. The molecule has 0 bridgehead atoms. The molecule has 1 aromatic carbocycles. The van der Waals surface area contributed by atoms with Crippen LogP contribution in [0.25, 0.3) is 6.08 Å². The minimum atomic E-state index is -0.377. The van der Waals surface area contributed by atoms with E-state index in [-0.39, 0.29) is 17.9 Å². The molecule has 1 aromatic rings. The summed E-state index contributed by atoms with van der Waals surface area (Å²) in [6.07, 6.45) is 7.38. The lowest BCUT2D eigenvalue weighted by molar-refractivity contribution is -0.124. The summed E-state index contributed by atoms with van der Waals surface area (Å²) in [7, 11) is 3.18. The third-order valence-corrected chi connectivity index (χ3v) is 5.34. The number of carbonyl (C=O) groups excluding carboxylic acids is 2. The standard InChI is InChI=1S/C19H22N2O3S/c1-20-16(12-13-8-10-14(11-9-13)18(23)24-2)17(22)21(19(20)25)15-6-4-3-5-7-15/h8-12,15H,3-7H2,1-2H3/b16-12-. The molecule has 3 rings (SSSR count). The van der Waals surface area contributed by atoms with Crippen LogP contribution in [0.1, 0.15) is 48.0 Å². The molecule has 0 unspecified atom stereocenters. The van der Waals surface area contributed by atoms with Crippen molar-refractivity contribution in [2.45, 2.75) is 38.1 Å². The van der Waals surface area contributed by atoms with Gasteiger partial charge in [0.15, 0.2) is 5.11 Å². The van der Waals surface area contributed by atoms with Crippen molar-refractivity contribution in [3.05, 3.63) is 41.1 Å². The Hall–Kier alpha value is -2.21. The molecule has 1 saturated heterocycles. The summed E-state index contributed by atoms with van der Waals surface area (Å²) < 4.78 is 4.70. The molecule has 0 aromatic heterocycles. The van der Waals surface area contributed by atoms with Gasteiger partial charge in [0, 0.05) is 13.1 Å². The third kappa shape index (κ3) is 3.44. The van der Waals surface area contributed by atoms with Crippen LogP contribution in [0.3, 0.4) is 0 Å². The SMILES string of the molecule is COC(=O)c1ccc(/C=C2/C(=O)N(C3CCCCC3)C(=S)N2C)cc1. The number of likely N-dealkylation sites (N-methyl/N-ethyl adjacent to an activating group) is 1. The number of benzene rings is 1. The minimum absolute atomic E-state index is 0.0311. The van der Waals surface area contributed by atoms with Gasteiger partial charge in [-0.1, -0.05) is 31.4 Å². The molecular weight excluding hydrogens is 336 g/mol. The van der Waals surface area contributed by atoms with Crippen LogP contribution in [0.15, 0.2) is 30.0 Å². The van der Waals surface area contributed by atoms with Crippen molar-refractivity contribution in [3.63, 3.8) is 0 Å². The van der Waals surface area contributed by atoms with Gasteiger partial charge in [-0.3, -0.25) is 9.69 Å². The molecule has 2 fully saturated rings. The fourth-order valence-corrected chi connectivity index (χ4v) is 3.76. The first-order chi connectivity index (χ1) is 12.0. The highest BCUT2D eigenvalue weighted by molar-refractivity contribution is 7.80. The van der Waals surface area contributed by atoms with Gasteiger partial charge in [-0.05, 0) is 48.8 Å². The molecule has 5 nitrogen and oxygen atoms in total. The number of rotatable bonds is 3. The van der Waals surface area contributed by atoms with Crippen LogP contribution >= 0.6 is 12.2 Å². The van der Waals surface area contributed by atoms with Crippen molar-refractivity contribution in [2.75, 3.05) is 14.2 Å². The molecule has 1 heterocycles. The van der Waals surface area contributed by atoms with Gasteiger partial charge in [-0.25, -0.2) is 4.79 Å². The first-order valence-corrected chi connectivity index (χ1v) is 8.95. The van der Waals surface area contributed by atoms with E-state index >= 15 is 0 Å². The monoisotopic (exact) mass is 358 g/mol. The molecule has 0 N–H and O–H groups in total. The number of nitrogens with zero attached hydrogens (tertiary/aromatic N) is 2. The van der Waals surface area contributed by atoms with E-state index in [9.17, 15) is 9.59 Å². The van der Waals surface area contributed by atoms with E-state index in [1.54, 1.807) is 34.1 Å². The molecule has 25 heavy (non-hydrogen) atoms. The average Bonchev–Trinajstić information content (AvgIpc) is 2.86. The largest absolute Gasteiger partial charge is 0.465 e. The van der Waals surface area contributed by atoms with E-state index in [0.717, 1.165) is 31.2 Å². The van der Waals surface area contributed by atoms with Gasteiger partial charge in [0.1, 0.15) is 5.70 Å². The van der Waals surface area contributed by atoms with Gasteiger partial charge >= 0.3 is 5.97 Å². The number of amides is 1. The number of thiocarbonyl (C=S) groups is 1. The van der Waals surface area contributed by atoms with Crippen LogP contribution < -0.4 is 0 Å². The van der Waals surface area contributed by atoms with Gasteiger partial charge < -0.3 is 9.64 Å². The Kier molecular flexibility index (Phi) is 5.18. The fourth-order valence-electron chi connectivity index (χ4n) is 3.43. The fraction of sp³-hybridized carbons (Fsp3) is 0.421. The second-order valence-electron chi connectivity index (χ2n) is 6.45. The first-order valence-electron chi connectivity index (χ1n) is 8.54. The number of methoxy groups -OCH3 is 1. The van der Waals surface area contributed by atoms with Gasteiger partial charge in [-0.15, -0.1) is 0 Å². The van der Waals surface area contributed by atoms with Gasteiger partial charge in [0.2, 0.25) is 0 Å². The second kappa shape index (κ2) is 7.35. The van der Waals surface area contributed by atoms with Crippen LogP contribution in [-0.4, -0.2) is 47.0 Å². The quantitative estimate of drug-likeness (QED) is 0.472. The maximum atomic E-state index is 12.9. The van der Waals surface area contributed by atoms with Crippen molar-refractivity contribution in [1.29, 1.82) is 0 Å². The maximum absolute atomic E-state index is 12.9. The van der Waals surface area contributed by atoms with Crippen molar-refractivity contribution < 1.29 is 14.3 Å². The van der Waals surface area contributed by atoms with Gasteiger partial charge in [0.05, 0.1) is 12.7 Å². The predicted octanol–water partition coefficient (Wildman–Crippen LogP) is 3.21. The van der Waals surface area contributed by atoms with E-state index in [2.05, 4.69) is 0 Å². The average molecular weight is 358 g/mol. The number of hydrogen-bond donors (Lipinski definition) is 0. The Morgan fingerprint density at radius 1 is 1.20 bits per heavy atom. The summed E-state index contributed by atoms with van der Waals surface area (Å²) in [4.78, 5) is 28.0. The van der Waals surface area contributed by atoms with Gasteiger partial charge in [-0.2, -0.15) is 0 Å². The van der Waals surface area contributed by atoms with E-state index < -0.39 is 0 Å². The number of carbonyl (C=O) groups is 2. The van der Waals surface area contributed by atoms with Crippen LogP contribution in [0.4, 0.5) is 0 Å². The molecular formula is C19H22N2O3S. The van der Waals surface area contributed by atoms with Crippen molar-refractivity contribution in [3.8, 4) is 0 Å². The van der Waals surface area contributed by atoms with Crippen LogP contribution in [-0.2, 0) is 9.53 Å². The lowest BCUT2D eigenvalue weighted by atomic mass is 9.94. The topological polar surface area (TPSA) is 49.9 Å². The van der Waals surface area contributed by atoms with Crippen LogP contribution in [0.2, 0.25) is 0 Å². The maximum Gasteiger partial charge on any atom is 0.337 e. The van der Waals surface area contributed by atoms with E-state index in [0.29, 0.717) is 16.4 Å². The second-order valence-corrected chi connectivity index (χ2v) is 6.82. The Labute approximate surface area is 153 Å².